The first-order valence-electron chi connectivity index (χ1n) is 27.6. The van der Waals surface area contributed by atoms with Gasteiger partial charge in [0.1, 0.15) is 40.7 Å². The highest BCUT2D eigenvalue weighted by atomic mass is 35.5. The third-order valence-corrected chi connectivity index (χ3v) is 14.3. The third-order valence-electron chi connectivity index (χ3n) is 13.2. The molecule has 6 aromatic carbocycles. The van der Waals surface area contributed by atoms with Crippen LogP contribution < -0.4 is 41.7 Å². The van der Waals surface area contributed by atoms with Crippen molar-refractivity contribution in [3.05, 3.63) is 228 Å². The van der Waals surface area contributed by atoms with Crippen LogP contribution in [0.4, 0.5) is 30.6 Å². The molecule has 0 bridgehead atoms. The van der Waals surface area contributed by atoms with E-state index in [4.69, 9.17) is 65.2 Å². The molecule has 0 atom stereocenters. The third kappa shape index (κ3) is 20.0. The minimum absolute atomic E-state index is 0. The monoisotopic (exact) mass is 1320 g/mol. The molecule has 10 aromatic rings. The first-order valence-corrected chi connectivity index (χ1v) is 28.7. The van der Waals surface area contributed by atoms with E-state index in [9.17, 15) is 18.0 Å². The number of nitriles is 1. The van der Waals surface area contributed by atoms with Crippen molar-refractivity contribution in [3.63, 3.8) is 0 Å². The van der Waals surface area contributed by atoms with Crippen LogP contribution in [0.25, 0.3) is 33.8 Å². The number of anilines is 3. The number of nitrogens with zero attached hydrogens (tertiary/aromatic N) is 9. The molecule has 0 unspecified atom stereocenters. The number of nitrogens with one attached hydrogen (secondary N) is 4. The molecular formula is C64H59Cl4F3N14O6. The van der Waals surface area contributed by atoms with E-state index in [1.54, 1.807) is 54.6 Å². The van der Waals surface area contributed by atoms with Crippen molar-refractivity contribution in [2.24, 2.45) is 10.9 Å². The molecule has 20 nitrogen and oxygen atoms in total. The molecule has 27 heteroatoms. The Balaban J connectivity index is 0.000000193. The minimum atomic E-state index is -0.593. The molecule has 4 heterocycles. The highest BCUT2D eigenvalue weighted by Gasteiger charge is 2.15. The van der Waals surface area contributed by atoms with Crippen LogP contribution >= 0.6 is 47.2 Å². The van der Waals surface area contributed by atoms with E-state index < -0.39 is 5.76 Å². The fourth-order valence-electron chi connectivity index (χ4n) is 8.91. The summed E-state index contributed by atoms with van der Waals surface area (Å²) in [6, 6.07) is 44.7. The molecule has 0 spiro atoms. The molecule has 0 aliphatic carbocycles. The molecule has 4 aromatic heterocycles. The van der Waals surface area contributed by atoms with Crippen LogP contribution in [-0.4, -0.2) is 92.1 Å². The van der Waals surface area contributed by atoms with Gasteiger partial charge in [-0.25, -0.2) is 18.0 Å². The lowest BCUT2D eigenvalue weighted by molar-refractivity contribution is 0.317. The molecule has 0 aliphatic heterocycles. The van der Waals surface area contributed by atoms with Gasteiger partial charge in [-0.15, -0.1) is 12.4 Å². The zero-order valence-corrected chi connectivity index (χ0v) is 52.1. The van der Waals surface area contributed by atoms with Crippen LogP contribution in [0.2, 0.25) is 15.1 Å². The number of oxime groups is 1. The van der Waals surface area contributed by atoms with Crippen molar-refractivity contribution < 1.29 is 37.1 Å². The number of methoxy groups -OCH3 is 3. The largest absolute Gasteiger partial charge is 0.467 e. The number of benzene rings is 6. The van der Waals surface area contributed by atoms with Gasteiger partial charge >= 0.3 is 23.8 Å². The second-order valence-corrected chi connectivity index (χ2v) is 20.7. The maximum absolute atomic E-state index is 14.0. The van der Waals surface area contributed by atoms with Crippen molar-refractivity contribution in [3.8, 4) is 57.9 Å². The fraction of sp³-hybridized carbons (Fsp3) is 0.188. The molecule has 470 valence electrons. The Bertz CT molecular complexity index is 4160. The Kier molecular flexibility index (Phi) is 25.7. The molecule has 0 amide bonds. The summed E-state index contributed by atoms with van der Waals surface area (Å²) >= 11 is 18.2. The van der Waals surface area contributed by atoms with Crippen molar-refractivity contribution in [1.29, 1.82) is 5.26 Å². The Morgan fingerprint density at radius 1 is 0.582 bits per heavy atom. The number of aromatic nitrogens is 8. The van der Waals surface area contributed by atoms with Crippen LogP contribution in [0.3, 0.4) is 0 Å². The number of ether oxygens (including phenoxy) is 3. The number of amidine groups is 1. The summed E-state index contributed by atoms with van der Waals surface area (Å²) in [7, 11) is 4.46. The number of hydrogen-bond donors (Lipinski definition) is 6. The number of nitrogens with two attached hydrogens (primary N) is 1. The van der Waals surface area contributed by atoms with Gasteiger partial charge in [0.15, 0.2) is 5.82 Å². The topological polar surface area (TPSA) is 282 Å². The smallest absolute Gasteiger partial charge is 0.438 e. The molecule has 0 aliphatic rings. The molecule has 0 fully saturated rings. The lowest BCUT2D eigenvalue weighted by Gasteiger charge is -2.11. The number of H-pyrrole nitrogens is 1. The van der Waals surface area contributed by atoms with E-state index in [2.05, 4.69) is 71.7 Å². The predicted octanol–water partition coefficient (Wildman–Crippen LogP) is 12.8. The lowest BCUT2D eigenvalue weighted by atomic mass is 10.1. The van der Waals surface area contributed by atoms with E-state index in [-0.39, 0.29) is 53.7 Å². The molecular weight excluding hydrogens is 1260 g/mol. The van der Waals surface area contributed by atoms with E-state index in [1.807, 2.05) is 72.8 Å². The van der Waals surface area contributed by atoms with Gasteiger partial charge in [0.05, 0.1) is 50.9 Å². The normalized spacial score (nSPS) is 10.7. The summed E-state index contributed by atoms with van der Waals surface area (Å²) in [5.74, 6) is 0.562. The van der Waals surface area contributed by atoms with Crippen molar-refractivity contribution in [2.45, 2.75) is 38.5 Å². The quantitative estimate of drug-likeness (QED) is 0.0150. The van der Waals surface area contributed by atoms with Gasteiger partial charge in [-0.2, -0.15) is 35.2 Å². The Hall–Kier alpha value is -9.99. The summed E-state index contributed by atoms with van der Waals surface area (Å²) in [5.41, 5.74) is 14.1. The minimum Gasteiger partial charge on any atom is -0.467 e. The van der Waals surface area contributed by atoms with Crippen LogP contribution in [-0.2, 0) is 38.5 Å². The maximum atomic E-state index is 14.0. The maximum Gasteiger partial charge on any atom is 0.438 e. The van der Waals surface area contributed by atoms with Gasteiger partial charge in [0.25, 0.3) is 0 Å². The van der Waals surface area contributed by atoms with Gasteiger partial charge in [-0.3, -0.25) is 9.51 Å². The zero-order chi connectivity index (χ0) is 63.9. The van der Waals surface area contributed by atoms with E-state index >= 15 is 0 Å². The number of halogens is 7. The Labute approximate surface area is 542 Å². The van der Waals surface area contributed by atoms with Crippen LogP contribution in [0.5, 0.6) is 18.0 Å². The summed E-state index contributed by atoms with van der Waals surface area (Å²) in [6.07, 6.45) is 2.22. The highest BCUT2D eigenvalue weighted by Crippen LogP contribution is 2.29. The average molecular weight is 1320 g/mol. The standard InChI is InChI=1S/C22H19ClFN5O3.C21H21ClFN5O2.C21H18ClFN4O.ClH/c1-31-21-26-18(14-5-2-4-13(10-14)11-20-28-22(30)32-29-20)12-19(27-21)25-9-8-15-16(23)6-3-7-17(15)24;1-30-21-26-18(14-5-2-4-13(10-14)11-19(24)28-29)12-20(27-21)25-9-8-15-16(22)6-3-7-17(15)23;1-28-21-26-19(15-5-2-4-14(12-15)8-10-24)13-20(27-21)25-11-9-16-17(22)6-3-7-18(16)23;/h2-7,10,12H,8-9,11H2,1H3,(H,25,26,27)(H,28,29,30);2-7,10,12,29H,8-9,11H2,1H3,(H2,24,28)(H,25,26,27);2-7,12-13H,8-9,11H2,1H3,(H,25,26,27);1H. The molecule has 10 rings (SSSR count). The van der Waals surface area contributed by atoms with Crippen molar-refractivity contribution in [1.82, 2.24) is 40.0 Å². The SMILES string of the molecule is COc1nc(NCCc2c(F)cccc2Cl)cc(-c2cccc(C/C(N)=N/O)c2)n1.COc1nc(NCCc2c(F)cccc2Cl)cc(-c2cccc(CC#N)c2)n1.COc1nc(NCCc2c(F)cccc2Cl)cc(-c2cccc(Cc3noc(=O)[nH]3)c2)n1.Cl. The van der Waals surface area contributed by atoms with Crippen LogP contribution in [0, 0.1) is 28.8 Å². The predicted molar refractivity (Wildman–Crippen MR) is 346 cm³/mol. The second-order valence-electron chi connectivity index (χ2n) is 19.4. The number of hydrogen-bond acceptors (Lipinski definition) is 18. The fourth-order valence-corrected chi connectivity index (χ4v) is 9.68. The second kappa shape index (κ2) is 34.1. The van der Waals surface area contributed by atoms with E-state index in [1.165, 1.54) is 39.5 Å². The molecule has 91 heavy (non-hydrogen) atoms. The molecule has 0 saturated heterocycles. The summed E-state index contributed by atoms with van der Waals surface area (Å²) in [4.78, 5) is 39.8. The summed E-state index contributed by atoms with van der Waals surface area (Å²) in [5, 5.41) is 35.0. The van der Waals surface area contributed by atoms with Gasteiger partial charge < -0.3 is 41.1 Å². The van der Waals surface area contributed by atoms with Crippen LogP contribution in [0.15, 0.2) is 160 Å². The highest BCUT2D eigenvalue weighted by molar-refractivity contribution is 6.32. The number of aromatic amines is 1. The Morgan fingerprint density at radius 2 is 0.956 bits per heavy atom. The molecule has 0 saturated carbocycles. The van der Waals surface area contributed by atoms with Gasteiger partial charge in [-0.1, -0.05) is 118 Å². The van der Waals surface area contributed by atoms with Crippen molar-refractivity contribution in [2.75, 3.05) is 56.9 Å². The zero-order valence-electron chi connectivity index (χ0n) is 49.0. The Morgan fingerprint density at radius 3 is 1.32 bits per heavy atom. The van der Waals surface area contributed by atoms with E-state index in [0.717, 1.165) is 33.4 Å². The molecule has 0 radical (unpaired) electrons. The van der Waals surface area contributed by atoms with Crippen LogP contribution in [0.1, 0.15) is 39.2 Å². The van der Waals surface area contributed by atoms with Gasteiger partial charge in [0, 0.05) is 99.1 Å². The average Bonchev–Trinajstić information content (AvgIpc) is 4.25. The van der Waals surface area contributed by atoms with E-state index in [0.29, 0.717) is 130 Å². The van der Waals surface area contributed by atoms with Crippen molar-refractivity contribution >= 4 is 70.5 Å². The summed E-state index contributed by atoms with van der Waals surface area (Å²) in [6.45, 7) is 1.28. The summed E-state index contributed by atoms with van der Waals surface area (Å²) < 4.78 is 62.0. The lowest BCUT2D eigenvalue weighted by Crippen LogP contribution is -2.14. The first kappa shape index (κ1) is 68.5. The first-order chi connectivity index (χ1) is 43.6. The number of rotatable bonds is 23. The molecule has 7 N–H and O–H groups in total. The van der Waals surface area contributed by atoms with Gasteiger partial charge in [0.2, 0.25) is 0 Å². The van der Waals surface area contributed by atoms with Gasteiger partial charge in [-0.05, 0) is 90.6 Å².